The van der Waals surface area contributed by atoms with E-state index in [1.807, 2.05) is 41.1 Å². The number of hydrogen-bond donors (Lipinski definition) is 1. The molecule has 1 aliphatic carbocycles. The molecule has 4 nitrogen and oxygen atoms in total. The third kappa shape index (κ3) is 2.74. The fraction of sp³-hybridized carbons (Fsp3) is 0.375. The monoisotopic (exact) mass is 269 g/mol. The third-order valence-electron chi connectivity index (χ3n) is 3.90. The van der Waals surface area contributed by atoms with E-state index in [-0.39, 0.29) is 11.8 Å². The standard InChI is InChI=1S/C16H19N3O/c20-16(13-6-4-5-7-13)18-12-15-17-10-11-19(15)14-8-2-1-3-9-14/h1-3,8-11,13H,4-7,12H2,(H,18,20). The van der Waals surface area contributed by atoms with Crippen LogP contribution in [0, 0.1) is 5.92 Å². The number of hydrogen-bond acceptors (Lipinski definition) is 2. The van der Waals surface area contributed by atoms with Crippen LogP contribution in [0.4, 0.5) is 0 Å². The SMILES string of the molecule is O=C(NCc1nccn1-c1ccccc1)C1CCCC1. The molecule has 0 unspecified atom stereocenters. The van der Waals surface area contributed by atoms with Gasteiger partial charge in [-0.3, -0.25) is 4.79 Å². The summed E-state index contributed by atoms with van der Waals surface area (Å²) in [5.41, 5.74) is 1.06. The predicted molar refractivity (Wildman–Crippen MR) is 77.4 cm³/mol. The maximum absolute atomic E-state index is 12.0. The first-order valence-electron chi connectivity index (χ1n) is 7.20. The molecule has 0 saturated heterocycles. The molecule has 104 valence electrons. The number of rotatable bonds is 4. The summed E-state index contributed by atoms with van der Waals surface area (Å²) in [4.78, 5) is 16.4. The van der Waals surface area contributed by atoms with Gasteiger partial charge in [0, 0.05) is 24.0 Å². The van der Waals surface area contributed by atoms with E-state index in [1.165, 1.54) is 12.8 Å². The number of carbonyl (C=O) groups excluding carboxylic acids is 1. The lowest BCUT2D eigenvalue weighted by molar-refractivity contribution is -0.125. The van der Waals surface area contributed by atoms with Crippen LogP contribution in [0.25, 0.3) is 5.69 Å². The molecule has 0 spiro atoms. The van der Waals surface area contributed by atoms with Crippen molar-refractivity contribution >= 4 is 5.91 Å². The molecule has 0 atom stereocenters. The van der Waals surface area contributed by atoms with Crippen molar-refractivity contribution in [3.63, 3.8) is 0 Å². The Morgan fingerprint density at radius 2 is 2.00 bits per heavy atom. The van der Waals surface area contributed by atoms with E-state index in [2.05, 4.69) is 10.3 Å². The second-order valence-corrected chi connectivity index (χ2v) is 5.25. The molecule has 0 aliphatic heterocycles. The van der Waals surface area contributed by atoms with Crippen LogP contribution < -0.4 is 5.32 Å². The van der Waals surface area contributed by atoms with Crippen LogP contribution in [0.5, 0.6) is 0 Å². The van der Waals surface area contributed by atoms with E-state index >= 15 is 0 Å². The largest absolute Gasteiger partial charge is 0.349 e. The molecule has 1 saturated carbocycles. The maximum atomic E-state index is 12.0. The summed E-state index contributed by atoms with van der Waals surface area (Å²) in [6.45, 7) is 0.483. The molecule has 1 N–H and O–H groups in total. The van der Waals surface area contributed by atoms with Gasteiger partial charge in [-0.15, -0.1) is 0 Å². The van der Waals surface area contributed by atoms with Crippen molar-refractivity contribution in [1.29, 1.82) is 0 Å². The Bertz CT molecular complexity index is 570. The Labute approximate surface area is 118 Å². The van der Waals surface area contributed by atoms with Crippen LogP contribution in [0.1, 0.15) is 31.5 Å². The van der Waals surface area contributed by atoms with Crippen molar-refractivity contribution in [2.24, 2.45) is 5.92 Å². The molecule has 20 heavy (non-hydrogen) atoms. The summed E-state index contributed by atoms with van der Waals surface area (Å²) in [6.07, 6.45) is 8.10. The van der Waals surface area contributed by atoms with Gasteiger partial charge in [0.1, 0.15) is 5.82 Å². The average molecular weight is 269 g/mol. The first kappa shape index (κ1) is 12.9. The Hall–Kier alpha value is -2.10. The summed E-state index contributed by atoms with van der Waals surface area (Å²) >= 11 is 0. The molecule has 0 radical (unpaired) electrons. The van der Waals surface area contributed by atoms with Gasteiger partial charge in [0.05, 0.1) is 6.54 Å². The second-order valence-electron chi connectivity index (χ2n) is 5.25. The zero-order chi connectivity index (χ0) is 13.8. The lowest BCUT2D eigenvalue weighted by Gasteiger charge is -2.11. The first-order chi connectivity index (χ1) is 9.84. The predicted octanol–water partition coefficient (Wildman–Crippen LogP) is 2.68. The van der Waals surface area contributed by atoms with Crippen molar-refractivity contribution in [3.8, 4) is 5.69 Å². The van der Waals surface area contributed by atoms with E-state index < -0.39 is 0 Å². The fourth-order valence-corrected chi connectivity index (χ4v) is 2.79. The minimum atomic E-state index is 0.171. The molecule has 4 heteroatoms. The fourth-order valence-electron chi connectivity index (χ4n) is 2.79. The molecule has 1 aliphatic rings. The Kier molecular flexibility index (Phi) is 3.81. The van der Waals surface area contributed by atoms with Crippen molar-refractivity contribution in [2.45, 2.75) is 32.2 Å². The number of carbonyl (C=O) groups is 1. The number of para-hydroxylation sites is 1. The van der Waals surface area contributed by atoms with Gasteiger partial charge in [-0.25, -0.2) is 4.98 Å². The van der Waals surface area contributed by atoms with Crippen LogP contribution in [-0.4, -0.2) is 15.5 Å². The molecule has 3 rings (SSSR count). The highest BCUT2D eigenvalue weighted by molar-refractivity contribution is 5.78. The van der Waals surface area contributed by atoms with E-state index in [4.69, 9.17) is 0 Å². The van der Waals surface area contributed by atoms with Gasteiger partial charge < -0.3 is 9.88 Å². The molecule has 1 heterocycles. The van der Waals surface area contributed by atoms with Crippen LogP contribution in [-0.2, 0) is 11.3 Å². The summed E-state index contributed by atoms with van der Waals surface area (Å²) < 4.78 is 2.01. The van der Waals surface area contributed by atoms with Crippen LogP contribution in [0.15, 0.2) is 42.7 Å². The lowest BCUT2D eigenvalue weighted by atomic mass is 10.1. The normalized spacial score (nSPS) is 15.4. The quantitative estimate of drug-likeness (QED) is 0.927. The number of benzene rings is 1. The van der Waals surface area contributed by atoms with Crippen LogP contribution >= 0.6 is 0 Å². The average Bonchev–Trinajstić information content (AvgIpc) is 3.17. The van der Waals surface area contributed by atoms with Crippen molar-refractivity contribution in [1.82, 2.24) is 14.9 Å². The van der Waals surface area contributed by atoms with E-state index in [1.54, 1.807) is 6.20 Å². The molecule has 1 aromatic carbocycles. The minimum Gasteiger partial charge on any atom is -0.349 e. The van der Waals surface area contributed by atoms with Gasteiger partial charge in [0.2, 0.25) is 5.91 Å². The van der Waals surface area contributed by atoms with E-state index in [0.717, 1.165) is 24.4 Å². The topological polar surface area (TPSA) is 46.9 Å². The molecule has 1 fully saturated rings. The molecule has 0 bridgehead atoms. The smallest absolute Gasteiger partial charge is 0.223 e. The Balaban J connectivity index is 1.66. The molecule has 2 aromatic rings. The summed E-state index contributed by atoms with van der Waals surface area (Å²) in [5, 5.41) is 3.01. The maximum Gasteiger partial charge on any atom is 0.223 e. The molecule has 1 aromatic heterocycles. The Morgan fingerprint density at radius 1 is 1.25 bits per heavy atom. The summed E-state index contributed by atoms with van der Waals surface area (Å²) in [6, 6.07) is 10.0. The molecular formula is C16H19N3O. The van der Waals surface area contributed by atoms with Crippen molar-refractivity contribution in [2.75, 3.05) is 0 Å². The zero-order valence-electron chi connectivity index (χ0n) is 11.5. The summed E-state index contributed by atoms with van der Waals surface area (Å²) in [7, 11) is 0. The van der Waals surface area contributed by atoms with Crippen LogP contribution in [0.2, 0.25) is 0 Å². The van der Waals surface area contributed by atoms with Crippen molar-refractivity contribution < 1.29 is 4.79 Å². The van der Waals surface area contributed by atoms with Crippen molar-refractivity contribution in [3.05, 3.63) is 48.5 Å². The highest BCUT2D eigenvalue weighted by Crippen LogP contribution is 2.24. The number of nitrogens with one attached hydrogen (secondary N) is 1. The van der Waals surface area contributed by atoms with Gasteiger partial charge in [-0.2, -0.15) is 0 Å². The first-order valence-corrected chi connectivity index (χ1v) is 7.20. The summed E-state index contributed by atoms with van der Waals surface area (Å²) in [5.74, 6) is 1.24. The number of imidazole rings is 1. The zero-order valence-corrected chi connectivity index (χ0v) is 11.5. The highest BCUT2D eigenvalue weighted by atomic mass is 16.1. The van der Waals surface area contributed by atoms with Gasteiger partial charge in [-0.05, 0) is 25.0 Å². The van der Waals surface area contributed by atoms with Gasteiger partial charge >= 0.3 is 0 Å². The van der Waals surface area contributed by atoms with Gasteiger partial charge in [0.15, 0.2) is 0 Å². The molecular weight excluding hydrogens is 250 g/mol. The number of aromatic nitrogens is 2. The number of amides is 1. The second kappa shape index (κ2) is 5.90. The lowest BCUT2D eigenvalue weighted by Crippen LogP contribution is -2.29. The van der Waals surface area contributed by atoms with E-state index in [0.29, 0.717) is 6.54 Å². The number of nitrogens with zero attached hydrogens (tertiary/aromatic N) is 2. The van der Waals surface area contributed by atoms with Crippen LogP contribution in [0.3, 0.4) is 0 Å². The Morgan fingerprint density at radius 3 is 2.75 bits per heavy atom. The minimum absolute atomic E-state index is 0.171. The third-order valence-corrected chi connectivity index (χ3v) is 3.90. The molecule has 1 amide bonds. The van der Waals surface area contributed by atoms with E-state index in [9.17, 15) is 4.79 Å². The highest BCUT2D eigenvalue weighted by Gasteiger charge is 2.22. The van der Waals surface area contributed by atoms with Gasteiger partial charge in [-0.1, -0.05) is 31.0 Å². The van der Waals surface area contributed by atoms with Gasteiger partial charge in [0.25, 0.3) is 0 Å².